The van der Waals surface area contributed by atoms with E-state index in [1.54, 1.807) is 4.68 Å². The monoisotopic (exact) mass is 403 g/mol. The van der Waals surface area contributed by atoms with Gasteiger partial charge in [-0.3, -0.25) is 9.48 Å². The van der Waals surface area contributed by atoms with Crippen molar-refractivity contribution in [3.63, 3.8) is 0 Å². The van der Waals surface area contributed by atoms with Gasteiger partial charge in [-0.2, -0.15) is 5.10 Å². The molecule has 0 bridgehead atoms. The number of hydrogen-bond donors (Lipinski definition) is 2. The molecule has 0 radical (unpaired) electrons. The van der Waals surface area contributed by atoms with Crippen molar-refractivity contribution in [2.75, 3.05) is 13.1 Å². The molecule has 5 rings (SSSR count). The minimum absolute atomic E-state index is 0.00432. The lowest BCUT2D eigenvalue weighted by atomic mass is 10.0. The Bertz CT molecular complexity index is 1350. The molecule has 2 N–H and O–H groups in total. The van der Waals surface area contributed by atoms with Crippen molar-refractivity contribution in [2.24, 2.45) is 7.05 Å². The number of hydrogen-bond acceptors (Lipinski definition) is 5. The third-order valence-electron chi connectivity index (χ3n) is 6.17. The lowest BCUT2D eigenvalue weighted by molar-refractivity contribution is 0.361. The predicted octanol–water partition coefficient (Wildman–Crippen LogP) is 3.20. The molecule has 4 heterocycles. The Morgan fingerprint density at radius 2 is 1.90 bits per heavy atom. The number of phenols is 1. The highest BCUT2D eigenvalue weighted by Gasteiger charge is 2.20. The van der Waals surface area contributed by atoms with E-state index in [-0.39, 0.29) is 17.4 Å². The van der Waals surface area contributed by atoms with Crippen LogP contribution in [0.4, 0.5) is 0 Å². The minimum Gasteiger partial charge on any atom is -0.507 e. The Hall–Kier alpha value is -3.19. The molecule has 1 aliphatic rings. The summed E-state index contributed by atoms with van der Waals surface area (Å²) in [5.41, 5.74) is 4.45. The average molecular weight is 403 g/mol. The number of fused-ring (bicyclic) bond motifs is 2. The Labute approximate surface area is 174 Å². The molecule has 0 amide bonds. The fourth-order valence-corrected chi connectivity index (χ4v) is 4.54. The summed E-state index contributed by atoms with van der Waals surface area (Å²) in [4.78, 5) is 18.0. The van der Waals surface area contributed by atoms with Gasteiger partial charge in [0.25, 0.3) is 5.56 Å². The second-order valence-corrected chi connectivity index (χ2v) is 8.24. The summed E-state index contributed by atoms with van der Waals surface area (Å²) in [7, 11) is 1.86. The molecule has 1 fully saturated rings. The SMILES string of the molecule is Cc1c(O)c(-c2ccc3c(=O)n(C4CCNCC4)cc(C)c3n2)cc2cn(C)nc12. The highest BCUT2D eigenvalue weighted by molar-refractivity contribution is 5.92. The highest BCUT2D eigenvalue weighted by Crippen LogP contribution is 2.36. The summed E-state index contributed by atoms with van der Waals surface area (Å²) in [5, 5.41) is 20.1. The highest BCUT2D eigenvalue weighted by atomic mass is 16.3. The zero-order chi connectivity index (χ0) is 21.0. The van der Waals surface area contributed by atoms with Crippen molar-refractivity contribution in [1.82, 2.24) is 24.6 Å². The lowest BCUT2D eigenvalue weighted by Gasteiger charge is -2.25. The summed E-state index contributed by atoms with van der Waals surface area (Å²) in [6.45, 7) is 5.71. The zero-order valence-electron chi connectivity index (χ0n) is 17.4. The fourth-order valence-electron chi connectivity index (χ4n) is 4.54. The Balaban J connectivity index is 1.67. The fraction of sp³-hybridized carbons (Fsp3) is 0.348. The molecule has 0 spiro atoms. The molecule has 30 heavy (non-hydrogen) atoms. The van der Waals surface area contributed by atoms with Gasteiger partial charge in [-0.05, 0) is 63.5 Å². The zero-order valence-corrected chi connectivity index (χ0v) is 17.4. The number of rotatable bonds is 2. The van der Waals surface area contributed by atoms with E-state index < -0.39 is 0 Å². The van der Waals surface area contributed by atoms with Crippen LogP contribution in [0.2, 0.25) is 0 Å². The number of piperidine rings is 1. The van der Waals surface area contributed by atoms with E-state index in [0.29, 0.717) is 22.2 Å². The molecule has 0 aliphatic carbocycles. The number of nitrogens with zero attached hydrogens (tertiary/aromatic N) is 4. The van der Waals surface area contributed by atoms with Gasteiger partial charge < -0.3 is 15.0 Å². The molecule has 0 atom stereocenters. The van der Waals surface area contributed by atoms with Crippen LogP contribution in [0.25, 0.3) is 33.1 Å². The molecular weight excluding hydrogens is 378 g/mol. The van der Waals surface area contributed by atoms with Gasteiger partial charge in [0.15, 0.2) is 0 Å². The summed E-state index contributed by atoms with van der Waals surface area (Å²) in [6.07, 6.45) is 5.77. The van der Waals surface area contributed by atoms with Gasteiger partial charge in [0.05, 0.1) is 22.1 Å². The van der Waals surface area contributed by atoms with Crippen molar-refractivity contribution in [3.05, 3.63) is 52.1 Å². The predicted molar refractivity (Wildman–Crippen MR) is 118 cm³/mol. The van der Waals surface area contributed by atoms with Crippen LogP contribution in [-0.4, -0.2) is 37.5 Å². The van der Waals surface area contributed by atoms with Crippen LogP contribution in [0.3, 0.4) is 0 Å². The molecule has 7 nitrogen and oxygen atoms in total. The van der Waals surface area contributed by atoms with E-state index in [4.69, 9.17) is 4.98 Å². The van der Waals surface area contributed by atoms with Crippen molar-refractivity contribution < 1.29 is 5.11 Å². The van der Waals surface area contributed by atoms with Gasteiger partial charge in [0, 0.05) is 42.0 Å². The smallest absolute Gasteiger partial charge is 0.260 e. The van der Waals surface area contributed by atoms with Gasteiger partial charge >= 0.3 is 0 Å². The maximum Gasteiger partial charge on any atom is 0.260 e. The Kier molecular flexibility index (Phi) is 4.36. The maximum absolute atomic E-state index is 13.2. The molecule has 1 aliphatic heterocycles. The van der Waals surface area contributed by atoms with E-state index in [2.05, 4.69) is 10.4 Å². The first-order chi connectivity index (χ1) is 14.4. The van der Waals surface area contributed by atoms with E-state index in [9.17, 15) is 9.90 Å². The largest absolute Gasteiger partial charge is 0.507 e. The maximum atomic E-state index is 13.2. The van der Waals surface area contributed by atoms with Gasteiger partial charge in [-0.25, -0.2) is 4.98 Å². The van der Waals surface area contributed by atoms with Gasteiger partial charge in [0.2, 0.25) is 0 Å². The molecule has 0 saturated carbocycles. The summed E-state index contributed by atoms with van der Waals surface area (Å²) in [6, 6.07) is 5.80. The molecule has 4 aromatic rings. The van der Waals surface area contributed by atoms with Crippen molar-refractivity contribution in [3.8, 4) is 17.0 Å². The Morgan fingerprint density at radius 1 is 1.13 bits per heavy atom. The minimum atomic E-state index is 0.00432. The van der Waals surface area contributed by atoms with E-state index in [1.165, 1.54) is 0 Å². The van der Waals surface area contributed by atoms with Crippen LogP contribution in [0.5, 0.6) is 5.75 Å². The number of phenolic OH excluding ortho intramolecular Hbond substituents is 1. The van der Waals surface area contributed by atoms with Crippen molar-refractivity contribution in [1.29, 1.82) is 0 Å². The number of pyridine rings is 2. The molecule has 154 valence electrons. The number of aromatic hydroxyl groups is 1. The summed E-state index contributed by atoms with van der Waals surface area (Å²) < 4.78 is 3.62. The summed E-state index contributed by atoms with van der Waals surface area (Å²) in [5.74, 6) is 0.175. The van der Waals surface area contributed by atoms with Crippen LogP contribution in [-0.2, 0) is 7.05 Å². The van der Waals surface area contributed by atoms with Crippen LogP contribution in [0, 0.1) is 13.8 Å². The quantitative estimate of drug-likeness (QED) is 0.537. The molecule has 3 aromatic heterocycles. The second-order valence-electron chi connectivity index (χ2n) is 8.24. The van der Waals surface area contributed by atoms with E-state index >= 15 is 0 Å². The molecule has 7 heteroatoms. The van der Waals surface area contributed by atoms with Gasteiger partial charge in [-0.1, -0.05) is 0 Å². The Morgan fingerprint density at radius 3 is 2.67 bits per heavy atom. The third kappa shape index (κ3) is 2.89. The van der Waals surface area contributed by atoms with Gasteiger partial charge in [0.1, 0.15) is 5.75 Å². The average Bonchev–Trinajstić information content (AvgIpc) is 3.14. The standard InChI is InChI=1S/C23H25N5O2/c1-13-11-28(16-6-8-24-9-7-16)23(30)17-4-5-19(25-20(13)17)18-10-15-12-27(3)26-21(15)14(2)22(18)29/h4-5,10-12,16,24,29H,6-9H2,1-3H3. The molecule has 1 saturated heterocycles. The van der Waals surface area contributed by atoms with Crippen LogP contribution in [0.15, 0.2) is 35.4 Å². The first-order valence-corrected chi connectivity index (χ1v) is 10.3. The topological polar surface area (TPSA) is 85.0 Å². The van der Waals surface area contributed by atoms with Crippen LogP contribution >= 0.6 is 0 Å². The van der Waals surface area contributed by atoms with Crippen molar-refractivity contribution in [2.45, 2.75) is 32.7 Å². The van der Waals surface area contributed by atoms with E-state index in [1.807, 2.05) is 56.1 Å². The number of aromatic nitrogens is 4. The number of nitrogens with one attached hydrogen (secondary N) is 1. The third-order valence-corrected chi connectivity index (χ3v) is 6.17. The van der Waals surface area contributed by atoms with Crippen molar-refractivity contribution >= 4 is 21.8 Å². The molecule has 0 unspecified atom stereocenters. The lowest BCUT2D eigenvalue weighted by Crippen LogP contribution is -2.34. The summed E-state index contributed by atoms with van der Waals surface area (Å²) >= 11 is 0. The molecule has 1 aromatic carbocycles. The number of aryl methyl sites for hydroxylation is 3. The number of benzene rings is 1. The normalized spacial score (nSPS) is 15.3. The van der Waals surface area contributed by atoms with Crippen LogP contribution < -0.4 is 10.9 Å². The first kappa shape index (κ1) is 18.8. The molecular formula is C23H25N5O2. The second kappa shape index (κ2) is 6.95. The van der Waals surface area contributed by atoms with Gasteiger partial charge in [-0.15, -0.1) is 0 Å². The first-order valence-electron chi connectivity index (χ1n) is 10.3. The van der Waals surface area contributed by atoms with E-state index in [0.717, 1.165) is 48.0 Å². The van der Waals surface area contributed by atoms with Crippen LogP contribution in [0.1, 0.15) is 30.0 Å².